The maximum atomic E-state index is 11.8. The Hall–Kier alpha value is -1.08. The first-order valence-electron chi connectivity index (χ1n) is 3.74. The summed E-state index contributed by atoms with van der Waals surface area (Å²) >= 11 is 1.23. The minimum absolute atomic E-state index is 0.163. The zero-order valence-corrected chi connectivity index (χ0v) is 7.80. The van der Waals surface area contributed by atoms with Crippen LogP contribution in [0, 0.1) is 0 Å². The minimum Gasteiger partial charge on any atom is -0.385 e. The number of hydrogen-bond acceptors (Lipinski definition) is 4. The van der Waals surface area contributed by atoms with Gasteiger partial charge in [-0.3, -0.25) is 4.79 Å². The highest BCUT2D eigenvalue weighted by Crippen LogP contribution is 2.02. The van der Waals surface area contributed by atoms with Crippen molar-refractivity contribution in [3.63, 3.8) is 0 Å². The minimum atomic E-state index is -2.86. The first kappa shape index (κ1) is 11.0. The highest BCUT2D eigenvalue weighted by Gasteiger charge is 2.18. The van der Waals surface area contributed by atoms with Gasteiger partial charge in [0.15, 0.2) is 0 Å². The number of rotatable bonds is 4. The van der Waals surface area contributed by atoms with Crippen LogP contribution in [0.5, 0.6) is 0 Å². The second-order valence-corrected chi connectivity index (χ2v) is 3.20. The molecule has 1 aromatic rings. The topological polar surface area (TPSA) is 62.2 Å². The molecule has 78 valence electrons. The van der Waals surface area contributed by atoms with Crippen LogP contribution >= 0.6 is 11.3 Å². The van der Waals surface area contributed by atoms with Gasteiger partial charge in [-0.25, -0.2) is 13.8 Å². The fourth-order valence-electron chi connectivity index (χ4n) is 0.702. The van der Waals surface area contributed by atoms with Crippen molar-refractivity contribution in [2.45, 2.75) is 12.5 Å². The zero-order valence-electron chi connectivity index (χ0n) is 6.98. The van der Waals surface area contributed by atoms with Gasteiger partial charge in [-0.2, -0.15) is 0 Å². The fourth-order valence-corrected chi connectivity index (χ4v) is 1.23. The molecule has 4 nitrogen and oxygen atoms in total. The van der Waals surface area contributed by atoms with Crippen LogP contribution in [-0.2, 0) is 0 Å². The molecule has 0 aliphatic carbocycles. The molecule has 1 atom stereocenters. The van der Waals surface area contributed by atoms with E-state index in [2.05, 4.69) is 10.3 Å². The summed E-state index contributed by atoms with van der Waals surface area (Å²) < 4.78 is 23.6. The Labute approximate surface area is 82.6 Å². The van der Waals surface area contributed by atoms with Gasteiger partial charge in [0.05, 0.1) is 5.51 Å². The Morgan fingerprint density at radius 1 is 1.71 bits per heavy atom. The molecule has 7 heteroatoms. The Kier molecular flexibility index (Phi) is 3.90. The number of aliphatic hydroxyl groups excluding tert-OH is 1. The van der Waals surface area contributed by atoms with Gasteiger partial charge in [0.25, 0.3) is 12.3 Å². The highest BCUT2D eigenvalue weighted by atomic mass is 32.1. The lowest BCUT2D eigenvalue weighted by Crippen LogP contribution is -2.35. The van der Waals surface area contributed by atoms with Crippen LogP contribution in [0.1, 0.15) is 10.5 Å². The Morgan fingerprint density at radius 3 is 2.93 bits per heavy atom. The summed E-state index contributed by atoms with van der Waals surface area (Å²) in [5.74, 6) is -0.564. The van der Waals surface area contributed by atoms with E-state index in [1.165, 1.54) is 22.2 Å². The molecular formula is C7H8F2N2O2S. The summed E-state index contributed by atoms with van der Waals surface area (Å²) in [5.41, 5.74) is 1.62. The lowest BCUT2D eigenvalue weighted by molar-refractivity contribution is -0.00272. The third-order valence-electron chi connectivity index (χ3n) is 1.43. The molecule has 0 fully saturated rings. The van der Waals surface area contributed by atoms with Crippen LogP contribution in [0.25, 0.3) is 0 Å². The molecule has 14 heavy (non-hydrogen) atoms. The normalized spacial score (nSPS) is 12.9. The molecular weight excluding hydrogens is 214 g/mol. The van der Waals surface area contributed by atoms with Gasteiger partial charge in [0.2, 0.25) is 0 Å². The molecule has 2 N–H and O–H groups in total. The molecule has 1 amide bonds. The number of nitrogens with zero attached hydrogens (tertiary/aromatic N) is 1. The molecule has 1 rings (SSSR count). The third-order valence-corrected chi connectivity index (χ3v) is 2.01. The van der Waals surface area contributed by atoms with Crippen molar-refractivity contribution in [1.82, 2.24) is 10.3 Å². The molecule has 1 unspecified atom stereocenters. The Morgan fingerprint density at radius 2 is 2.43 bits per heavy atom. The first-order chi connectivity index (χ1) is 6.61. The molecule has 0 aliphatic rings. The number of aliphatic hydroxyl groups is 1. The molecule has 0 radical (unpaired) electrons. The quantitative estimate of drug-likeness (QED) is 0.779. The van der Waals surface area contributed by atoms with Crippen molar-refractivity contribution in [2.24, 2.45) is 0 Å². The van der Waals surface area contributed by atoms with Gasteiger partial charge >= 0.3 is 0 Å². The van der Waals surface area contributed by atoms with Crippen molar-refractivity contribution in [2.75, 3.05) is 6.54 Å². The maximum absolute atomic E-state index is 11.8. The van der Waals surface area contributed by atoms with E-state index < -0.39 is 25.0 Å². The summed E-state index contributed by atoms with van der Waals surface area (Å²) in [6.45, 7) is -0.478. The zero-order chi connectivity index (χ0) is 10.6. The SMILES string of the molecule is O=C(NCC(O)C(F)F)c1cscn1. The van der Waals surface area contributed by atoms with E-state index in [0.29, 0.717) is 0 Å². The third kappa shape index (κ3) is 3.00. The van der Waals surface area contributed by atoms with Crippen LogP contribution in [0.2, 0.25) is 0 Å². The van der Waals surface area contributed by atoms with E-state index in [0.717, 1.165) is 0 Å². The van der Waals surface area contributed by atoms with E-state index >= 15 is 0 Å². The van der Waals surface area contributed by atoms with Gasteiger partial charge < -0.3 is 10.4 Å². The fraction of sp³-hybridized carbons (Fsp3) is 0.429. The van der Waals surface area contributed by atoms with Gasteiger partial charge in [-0.15, -0.1) is 11.3 Å². The number of nitrogens with one attached hydrogen (secondary N) is 1. The number of carbonyl (C=O) groups is 1. The molecule has 1 aromatic heterocycles. The lowest BCUT2D eigenvalue weighted by atomic mass is 10.3. The second-order valence-electron chi connectivity index (χ2n) is 2.49. The van der Waals surface area contributed by atoms with E-state index in [9.17, 15) is 13.6 Å². The van der Waals surface area contributed by atoms with Crippen molar-refractivity contribution in [3.8, 4) is 0 Å². The number of carbonyl (C=O) groups excluding carboxylic acids is 1. The Balaban J connectivity index is 2.36. The number of amides is 1. The molecule has 0 saturated heterocycles. The van der Waals surface area contributed by atoms with Gasteiger partial charge in [0, 0.05) is 11.9 Å². The smallest absolute Gasteiger partial charge is 0.270 e. The highest BCUT2D eigenvalue weighted by molar-refractivity contribution is 7.07. The second kappa shape index (κ2) is 4.97. The largest absolute Gasteiger partial charge is 0.385 e. The van der Waals surface area contributed by atoms with E-state index in [1.54, 1.807) is 0 Å². The van der Waals surface area contributed by atoms with Gasteiger partial charge in [-0.1, -0.05) is 0 Å². The van der Waals surface area contributed by atoms with Crippen LogP contribution < -0.4 is 5.32 Å². The van der Waals surface area contributed by atoms with E-state index in [-0.39, 0.29) is 5.69 Å². The number of halogens is 2. The van der Waals surface area contributed by atoms with Crippen LogP contribution in [0.4, 0.5) is 8.78 Å². The summed E-state index contributed by atoms with van der Waals surface area (Å²) in [7, 11) is 0. The molecule has 0 saturated carbocycles. The monoisotopic (exact) mass is 222 g/mol. The van der Waals surface area contributed by atoms with Crippen molar-refractivity contribution in [3.05, 3.63) is 16.6 Å². The maximum Gasteiger partial charge on any atom is 0.270 e. The average molecular weight is 222 g/mol. The van der Waals surface area contributed by atoms with Crippen molar-refractivity contribution in [1.29, 1.82) is 0 Å². The Bertz CT molecular complexity index is 292. The standard InChI is InChI=1S/C7H8F2N2O2S/c8-6(9)5(12)1-10-7(13)4-2-14-3-11-4/h2-3,5-6,12H,1H2,(H,10,13). The molecule has 0 aliphatic heterocycles. The van der Waals surface area contributed by atoms with Crippen LogP contribution in [-0.4, -0.2) is 35.1 Å². The van der Waals surface area contributed by atoms with Crippen LogP contribution in [0.15, 0.2) is 10.9 Å². The summed E-state index contributed by atoms with van der Waals surface area (Å²) in [4.78, 5) is 14.8. The summed E-state index contributed by atoms with van der Waals surface area (Å²) in [6.07, 6.45) is -4.69. The molecule has 0 spiro atoms. The van der Waals surface area contributed by atoms with Crippen molar-refractivity contribution < 1.29 is 18.7 Å². The molecule has 0 bridgehead atoms. The predicted octanol–water partition coefficient (Wildman–Crippen LogP) is 0.499. The van der Waals surface area contributed by atoms with Crippen LogP contribution in [0.3, 0.4) is 0 Å². The summed E-state index contributed by atoms with van der Waals surface area (Å²) in [5, 5.41) is 12.3. The number of hydrogen-bond donors (Lipinski definition) is 2. The first-order valence-corrected chi connectivity index (χ1v) is 4.68. The summed E-state index contributed by atoms with van der Waals surface area (Å²) in [6, 6.07) is 0. The van der Waals surface area contributed by atoms with Crippen molar-refractivity contribution >= 4 is 17.2 Å². The number of aromatic nitrogens is 1. The average Bonchev–Trinajstić information content (AvgIpc) is 2.66. The van der Waals surface area contributed by atoms with E-state index in [1.807, 2.05) is 0 Å². The predicted molar refractivity (Wildman–Crippen MR) is 46.5 cm³/mol. The number of alkyl halides is 2. The van der Waals surface area contributed by atoms with E-state index in [4.69, 9.17) is 5.11 Å². The molecule has 0 aromatic carbocycles. The van der Waals surface area contributed by atoms with Gasteiger partial charge in [-0.05, 0) is 0 Å². The lowest BCUT2D eigenvalue weighted by Gasteiger charge is -2.09. The van der Waals surface area contributed by atoms with Gasteiger partial charge in [0.1, 0.15) is 11.8 Å². The molecule has 1 heterocycles. The number of thiazole rings is 1.